The lowest BCUT2D eigenvalue weighted by Gasteiger charge is -2.23. The summed E-state index contributed by atoms with van der Waals surface area (Å²) in [5, 5.41) is 40.4. The molecule has 0 saturated heterocycles. The summed E-state index contributed by atoms with van der Waals surface area (Å²) in [6, 6.07) is 10.1. The van der Waals surface area contributed by atoms with Crippen molar-refractivity contribution in [3.63, 3.8) is 0 Å². The van der Waals surface area contributed by atoms with Crippen LogP contribution in [0, 0.1) is 17.8 Å². The number of carbonyl (C=O) groups is 1. The Balaban J connectivity index is 1.76. The lowest BCUT2D eigenvalue weighted by atomic mass is 9.85. The van der Waals surface area contributed by atoms with Crippen LogP contribution in [0.25, 0.3) is 0 Å². The van der Waals surface area contributed by atoms with Crippen molar-refractivity contribution in [3.8, 4) is 0 Å². The normalized spacial score (nSPS) is 25.7. The van der Waals surface area contributed by atoms with Gasteiger partial charge in [0.05, 0.1) is 24.2 Å². The Hall–Kier alpha value is -1.69. The molecule has 1 aliphatic rings. The third-order valence-electron chi connectivity index (χ3n) is 6.71. The molecule has 0 radical (unpaired) electrons. The van der Waals surface area contributed by atoms with Gasteiger partial charge in [-0.15, -0.1) is 0 Å². The van der Waals surface area contributed by atoms with Crippen LogP contribution in [0.15, 0.2) is 42.5 Å². The first-order chi connectivity index (χ1) is 14.9. The molecule has 1 saturated carbocycles. The van der Waals surface area contributed by atoms with Crippen molar-refractivity contribution >= 4 is 5.97 Å². The molecule has 5 nitrogen and oxygen atoms in total. The summed E-state index contributed by atoms with van der Waals surface area (Å²) in [6.07, 6.45) is 9.39. The fraction of sp³-hybridized carbons (Fsp3) is 0.654. The molecule has 0 aromatic heterocycles. The predicted molar refractivity (Wildman–Crippen MR) is 123 cm³/mol. The second-order valence-corrected chi connectivity index (χ2v) is 9.06. The molecule has 1 fully saturated rings. The highest BCUT2D eigenvalue weighted by Crippen LogP contribution is 2.38. The van der Waals surface area contributed by atoms with E-state index >= 15 is 0 Å². The zero-order valence-electron chi connectivity index (χ0n) is 18.8. The molecule has 0 spiro atoms. The number of aliphatic hydroxyl groups excluding tert-OH is 3. The fourth-order valence-electron chi connectivity index (χ4n) is 4.82. The van der Waals surface area contributed by atoms with Gasteiger partial charge in [0.25, 0.3) is 0 Å². The largest absolute Gasteiger partial charge is 0.481 e. The van der Waals surface area contributed by atoms with Crippen molar-refractivity contribution in [1.82, 2.24) is 0 Å². The highest BCUT2D eigenvalue weighted by atomic mass is 16.4. The molecule has 4 N–H and O–H groups in total. The van der Waals surface area contributed by atoms with Crippen molar-refractivity contribution in [1.29, 1.82) is 0 Å². The van der Waals surface area contributed by atoms with E-state index in [0.717, 1.165) is 12.8 Å². The first kappa shape index (κ1) is 25.6. The SMILES string of the molecule is CCCC(CCC=CC[C@@H]1[C@@H](CCC(O)CCc2ccccc2)[C@H](O)C[C@@H]1O)C(=O)O. The van der Waals surface area contributed by atoms with Gasteiger partial charge in [-0.2, -0.15) is 0 Å². The van der Waals surface area contributed by atoms with E-state index in [1.54, 1.807) is 0 Å². The first-order valence-electron chi connectivity index (χ1n) is 11.9. The number of aryl methyl sites for hydroxylation is 1. The van der Waals surface area contributed by atoms with Crippen molar-refractivity contribution in [3.05, 3.63) is 48.0 Å². The van der Waals surface area contributed by atoms with E-state index in [-0.39, 0.29) is 17.8 Å². The number of carboxylic acids is 1. The average Bonchev–Trinajstić information content (AvgIpc) is 3.02. The third-order valence-corrected chi connectivity index (χ3v) is 6.71. The van der Waals surface area contributed by atoms with Crippen molar-refractivity contribution in [2.24, 2.45) is 17.8 Å². The molecule has 0 aliphatic heterocycles. The first-order valence-corrected chi connectivity index (χ1v) is 11.9. The number of aliphatic hydroxyl groups is 3. The molecule has 0 bridgehead atoms. The van der Waals surface area contributed by atoms with Gasteiger partial charge in [0, 0.05) is 0 Å². The standard InChI is InChI=1S/C26H40O5/c1-2-9-20(26(30)31)12-7-4-8-13-22-23(25(29)18-24(22)28)17-16-21(27)15-14-19-10-5-3-6-11-19/h3-6,8,10-11,20-25,27-29H,2,7,9,12-18H2,1H3,(H,30,31)/t20?,21?,22-,23-,24+,25-/m1/s1. The van der Waals surface area contributed by atoms with Gasteiger partial charge in [0.1, 0.15) is 0 Å². The van der Waals surface area contributed by atoms with E-state index in [0.29, 0.717) is 51.4 Å². The summed E-state index contributed by atoms with van der Waals surface area (Å²) in [5.41, 5.74) is 1.21. The summed E-state index contributed by atoms with van der Waals surface area (Å²) in [4.78, 5) is 11.2. The molecule has 31 heavy (non-hydrogen) atoms. The summed E-state index contributed by atoms with van der Waals surface area (Å²) in [7, 11) is 0. The second-order valence-electron chi connectivity index (χ2n) is 9.06. The molecular formula is C26H40O5. The Morgan fingerprint density at radius 3 is 2.42 bits per heavy atom. The third kappa shape index (κ3) is 8.76. The fourth-order valence-corrected chi connectivity index (χ4v) is 4.82. The van der Waals surface area contributed by atoms with Crippen LogP contribution in [0.3, 0.4) is 0 Å². The van der Waals surface area contributed by atoms with Gasteiger partial charge < -0.3 is 20.4 Å². The maximum Gasteiger partial charge on any atom is 0.306 e. The van der Waals surface area contributed by atoms with E-state index in [4.69, 9.17) is 0 Å². The monoisotopic (exact) mass is 432 g/mol. The van der Waals surface area contributed by atoms with E-state index in [1.165, 1.54) is 5.56 Å². The molecule has 0 heterocycles. The van der Waals surface area contributed by atoms with E-state index in [2.05, 4.69) is 12.1 Å². The molecule has 6 atom stereocenters. The number of aliphatic carboxylic acids is 1. The molecular weight excluding hydrogens is 392 g/mol. The number of hydrogen-bond acceptors (Lipinski definition) is 4. The molecule has 2 unspecified atom stereocenters. The molecule has 174 valence electrons. The van der Waals surface area contributed by atoms with E-state index < -0.39 is 24.3 Å². The molecule has 0 amide bonds. The molecule has 1 aliphatic carbocycles. The Labute approximate surface area is 186 Å². The number of benzene rings is 1. The minimum absolute atomic E-state index is 0.0153. The quantitative estimate of drug-likeness (QED) is 0.328. The minimum Gasteiger partial charge on any atom is -0.481 e. The van der Waals surface area contributed by atoms with Gasteiger partial charge in [-0.3, -0.25) is 4.79 Å². The molecule has 5 heteroatoms. The van der Waals surface area contributed by atoms with Gasteiger partial charge in [0.2, 0.25) is 0 Å². The van der Waals surface area contributed by atoms with Crippen molar-refractivity contribution < 1.29 is 25.2 Å². The zero-order valence-corrected chi connectivity index (χ0v) is 18.8. The van der Waals surface area contributed by atoms with Gasteiger partial charge >= 0.3 is 5.97 Å². The van der Waals surface area contributed by atoms with Crippen LogP contribution in [0.2, 0.25) is 0 Å². The van der Waals surface area contributed by atoms with Crippen LogP contribution in [-0.4, -0.2) is 44.7 Å². The Bertz CT molecular complexity index is 659. The Morgan fingerprint density at radius 1 is 1.03 bits per heavy atom. The lowest BCUT2D eigenvalue weighted by Crippen LogP contribution is -2.23. The topological polar surface area (TPSA) is 98.0 Å². The number of allylic oxidation sites excluding steroid dienone is 2. The number of hydrogen-bond donors (Lipinski definition) is 4. The average molecular weight is 433 g/mol. The van der Waals surface area contributed by atoms with Crippen LogP contribution in [0.4, 0.5) is 0 Å². The zero-order chi connectivity index (χ0) is 22.6. The highest BCUT2D eigenvalue weighted by molar-refractivity contribution is 5.69. The molecule has 2 rings (SSSR count). The Kier molecular flexibility index (Phi) is 11.3. The maximum atomic E-state index is 11.2. The van der Waals surface area contributed by atoms with Crippen LogP contribution in [0.1, 0.15) is 70.3 Å². The van der Waals surface area contributed by atoms with Gasteiger partial charge in [-0.1, -0.05) is 55.8 Å². The summed E-state index contributed by atoms with van der Waals surface area (Å²) < 4.78 is 0. The van der Waals surface area contributed by atoms with Crippen molar-refractivity contribution in [2.75, 3.05) is 0 Å². The summed E-state index contributed by atoms with van der Waals surface area (Å²) in [6.45, 7) is 2.00. The smallest absolute Gasteiger partial charge is 0.306 e. The summed E-state index contributed by atoms with van der Waals surface area (Å²) in [5.74, 6) is -1.05. The number of carboxylic acid groups (broad SMARTS) is 1. The minimum atomic E-state index is -0.726. The van der Waals surface area contributed by atoms with E-state index in [1.807, 2.05) is 37.3 Å². The number of rotatable bonds is 14. The van der Waals surface area contributed by atoms with Gasteiger partial charge in [0.15, 0.2) is 0 Å². The van der Waals surface area contributed by atoms with Gasteiger partial charge in [-0.25, -0.2) is 0 Å². The second kappa shape index (κ2) is 13.7. The van der Waals surface area contributed by atoms with Crippen LogP contribution in [-0.2, 0) is 11.2 Å². The lowest BCUT2D eigenvalue weighted by molar-refractivity contribution is -0.142. The molecule has 1 aromatic carbocycles. The highest BCUT2D eigenvalue weighted by Gasteiger charge is 2.40. The summed E-state index contributed by atoms with van der Waals surface area (Å²) >= 11 is 0. The van der Waals surface area contributed by atoms with Gasteiger partial charge in [-0.05, 0) is 75.2 Å². The van der Waals surface area contributed by atoms with Crippen LogP contribution >= 0.6 is 0 Å². The molecule has 1 aromatic rings. The maximum absolute atomic E-state index is 11.2. The predicted octanol–water partition coefficient (Wildman–Crippen LogP) is 4.35. The van der Waals surface area contributed by atoms with Crippen molar-refractivity contribution in [2.45, 2.75) is 89.4 Å². The van der Waals surface area contributed by atoms with Crippen LogP contribution < -0.4 is 0 Å². The van der Waals surface area contributed by atoms with E-state index in [9.17, 15) is 25.2 Å². The Morgan fingerprint density at radius 2 is 1.74 bits per heavy atom. The van der Waals surface area contributed by atoms with Crippen LogP contribution in [0.5, 0.6) is 0 Å².